The third-order valence-electron chi connectivity index (χ3n) is 2.31. The van der Waals surface area contributed by atoms with Crippen molar-refractivity contribution in [1.82, 2.24) is 19.6 Å². The maximum absolute atomic E-state index is 5.69. The first-order valence-corrected chi connectivity index (χ1v) is 6.37. The first-order chi connectivity index (χ1) is 8.83. The Kier molecular flexibility index (Phi) is 3.00. The molecule has 6 heteroatoms. The minimum absolute atomic E-state index is 0.367. The van der Waals surface area contributed by atoms with Crippen LogP contribution in [0.25, 0.3) is 22.1 Å². The highest BCUT2D eigenvalue weighted by atomic mass is 35.5. The summed E-state index contributed by atoms with van der Waals surface area (Å²) in [6, 6.07) is 13.3. The molecule has 0 unspecified atom stereocenters. The molecule has 2 aromatic heterocycles. The highest BCUT2D eigenvalue weighted by Gasteiger charge is 2.09. The average molecular weight is 275 g/mol. The Balaban J connectivity index is 1.97. The lowest BCUT2D eigenvalue weighted by atomic mass is 10.2. The number of hydrogen-bond acceptors (Lipinski definition) is 5. The molecule has 4 nitrogen and oxygen atoms in total. The summed E-state index contributed by atoms with van der Waals surface area (Å²) in [6.45, 7) is 0. The largest absolute Gasteiger partial charge is 0.213 e. The van der Waals surface area contributed by atoms with E-state index in [1.807, 2.05) is 30.3 Å². The predicted molar refractivity (Wildman–Crippen MR) is 71.4 cm³/mol. The molecule has 0 saturated carbocycles. The molecule has 3 aromatic rings. The third kappa shape index (κ3) is 2.23. The molecule has 0 amide bonds. The number of aromatic nitrogens is 4. The second-order valence-electron chi connectivity index (χ2n) is 3.53. The number of nitrogens with zero attached hydrogens (tertiary/aromatic N) is 4. The lowest BCUT2D eigenvalue weighted by molar-refractivity contribution is 1.04. The predicted octanol–water partition coefficient (Wildman–Crippen LogP) is 3.32. The fourth-order valence-electron chi connectivity index (χ4n) is 1.46. The monoisotopic (exact) mass is 274 g/mol. The molecule has 0 radical (unpaired) electrons. The van der Waals surface area contributed by atoms with Crippen LogP contribution in [0.15, 0.2) is 42.5 Å². The molecule has 0 N–H and O–H groups in total. The van der Waals surface area contributed by atoms with E-state index in [0.29, 0.717) is 16.7 Å². The van der Waals surface area contributed by atoms with E-state index < -0.39 is 0 Å². The van der Waals surface area contributed by atoms with Gasteiger partial charge >= 0.3 is 0 Å². The normalized spacial score (nSPS) is 10.5. The molecular formula is C12H7ClN4S. The molecule has 88 valence electrons. The molecule has 1 aromatic carbocycles. The molecule has 0 aliphatic carbocycles. The SMILES string of the molecule is Clc1ccc(-c2nc(-c3ccccc3)ns2)nn1. The number of rotatable bonds is 2. The molecule has 2 heterocycles. The average Bonchev–Trinajstić information content (AvgIpc) is 2.90. The van der Waals surface area contributed by atoms with Crippen molar-refractivity contribution in [3.05, 3.63) is 47.6 Å². The number of halogens is 1. The zero-order valence-electron chi connectivity index (χ0n) is 9.12. The smallest absolute Gasteiger partial charge is 0.173 e. The van der Waals surface area contributed by atoms with Crippen LogP contribution in [0.4, 0.5) is 0 Å². The van der Waals surface area contributed by atoms with Gasteiger partial charge in [0.15, 0.2) is 16.0 Å². The van der Waals surface area contributed by atoms with Gasteiger partial charge in [-0.15, -0.1) is 10.2 Å². The van der Waals surface area contributed by atoms with Gasteiger partial charge in [0.25, 0.3) is 0 Å². The molecular weight excluding hydrogens is 268 g/mol. The van der Waals surface area contributed by atoms with E-state index in [0.717, 1.165) is 10.6 Å². The Morgan fingerprint density at radius 3 is 2.50 bits per heavy atom. The molecule has 0 bridgehead atoms. The lowest BCUT2D eigenvalue weighted by Gasteiger charge is -1.93. The van der Waals surface area contributed by atoms with Crippen LogP contribution in [0.1, 0.15) is 0 Å². The van der Waals surface area contributed by atoms with Gasteiger partial charge in [-0.1, -0.05) is 41.9 Å². The van der Waals surface area contributed by atoms with E-state index in [2.05, 4.69) is 19.6 Å². The van der Waals surface area contributed by atoms with Gasteiger partial charge in [0.2, 0.25) is 0 Å². The Morgan fingerprint density at radius 1 is 0.944 bits per heavy atom. The summed E-state index contributed by atoms with van der Waals surface area (Å²) in [7, 11) is 0. The summed E-state index contributed by atoms with van der Waals surface area (Å²) in [6.07, 6.45) is 0. The fraction of sp³-hybridized carbons (Fsp3) is 0. The van der Waals surface area contributed by atoms with Gasteiger partial charge in [-0.05, 0) is 23.7 Å². The van der Waals surface area contributed by atoms with E-state index in [1.54, 1.807) is 12.1 Å². The highest BCUT2D eigenvalue weighted by Crippen LogP contribution is 2.24. The van der Waals surface area contributed by atoms with Gasteiger partial charge in [-0.3, -0.25) is 0 Å². The van der Waals surface area contributed by atoms with Gasteiger partial charge in [0.05, 0.1) is 0 Å². The first kappa shape index (κ1) is 11.3. The zero-order chi connectivity index (χ0) is 12.4. The molecule has 0 saturated heterocycles. The van der Waals surface area contributed by atoms with Gasteiger partial charge in [0, 0.05) is 5.56 Å². The summed E-state index contributed by atoms with van der Waals surface area (Å²) in [5.41, 5.74) is 1.67. The van der Waals surface area contributed by atoms with Crippen molar-refractivity contribution < 1.29 is 0 Å². The van der Waals surface area contributed by atoms with E-state index >= 15 is 0 Å². The van der Waals surface area contributed by atoms with Crippen LogP contribution < -0.4 is 0 Å². The molecule has 0 aliphatic rings. The molecule has 0 spiro atoms. The van der Waals surface area contributed by atoms with Crippen LogP contribution in [-0.4, -0.2) is 19.6 Å². The molecule has 18 heavy (non-hydrogen) atoms. The number of benzene rings is 1. The van der Waals surface area contributed by atoms with Crippen LogP contribution in [0.3, 0.4) is 0 Å². The molecule has 0 fully saturated rings. The Hall–Kier alpha value is -1.85. The summed E-state index contributed by atoms with van der Waals surface area (Å²) in [4.78, 5) is 4.44. The standard InChI is InChI=1S/C12H7ClN4S/c13-10-7-6-9(15-16-10)12-14-11(17-18-12)8-4-2-1-3-5-8/h1-7H. The fourth-order valence-corrected chi connectivity index (χ4v) is 2.21. The van der Waals surface area contributed by atoms with Gasteiger partial charge in [-0.2, -0.15) is 4.37 Å². The second kappa shape index (κ2) is 4.80. The molecule has 3 rings (SSSR count). The van der Waals surface area contributed by atoms with Crippen molar-refractivity contribution in [2.75, 3.05) is 0 Å². The van der Waals surface area contributed by atoms with Crippen LogP contribution in [0, 0.1) is 0 Å². The summed E-state index contributed by atoms with van der Waals surface area (Å²) >= 11 is 6.99. The number of hydrogen-bond donors (Lipinski definition) is 0. The maximum atomic E-state index is 5.69. The lowest BCUT2D eigenvalue weighted by Crippen LogP contribution is -1.86. The van der Waals surface area contributed by atoms with Crippen LogP contribution in [0.5, 0.6) is 0 Å². The van der Waals surface area contributed by atoms with Crippen molar-refractivity contribution in [2.24, 2.45) is 0 Å². The van der Waals surface area contributed by atoms with E-state index in [-0.39, 0.29) is 0 Å². The van der Waals surface area contributed by atoms with Crippen molar-refractivity contribution in [3.8, 4) is 22.1 Å². The van der Waals surface area contributed by atoms with E-state index in [1.165, 1.54) is 11.5 Å². The van der Waals surface area contributed by atoms with E-state index in [4.69, 9.17) is 11.6 Å². The van der Waals surface area contributed by atoms with Gasteiger partial charge in [-0.25, -0.2) is 4.98 Å². The minimum atomic E-state index is 0.367. The van der Waals surface area contributed by atoms with Crippen LogP contribution in [-0.2, 0) is 0 Å². The Bertz CT molecular complexity index is 651. The second-order valence-corrected chi connectivity index (χ2v) is 4.67. The summed E-state index contributed by atoms with van der Waals surface area (Å²) in [5, 5.41) is 8.87. The first-order valence-electron chi connectivity index (χ1n) is 5.22. The van der Waals surface area contributed by atoms with Crippen LogP contribution in [0.2, 0.25) is 5.15 Å². The maximum Gasteiger partial charge on any atom is 0.173 e. The molecule has 0 atom stereocenters. The zero-order valence-corrected chi connectivity index (χ0v) is 10.7. The topological polar surface area (TPSA) is 51.6 Å². The van der Waals surface area contributed by atoms with Crippen molar-refractivity contribution in [1.29, 1.82) is 0 Å². The molecule has 0 aliphatic heterocycles. The van der Waals surface area contributed by atoms with Crippen molar-refractivity contribution in [3.63, 3.8) is 0 Å². The highest BCUT2D eigenvalue weighted by molar-refractivity contribution is 7.09. The van der Waals surface area contributed by atoms with Gasteiger partial charge in [0.1, 0.15) is 5.69 Å². The third-order valence-corrected chi connectivity index (χ3v) is 3.25. The van der Waals surface area contributed by atoms with Crippen molar-refractivity contribution in [2.45, 2.75) is 0 Å². The summed E-state index contributed by atoms with van der Waals surface area (Å²) in [5.74, 6) is 0.701. The quantitative estimate of drug-likeness (QED) is 0.719. The minimum Gasteiger partial charge on any atom is -0.213 e. The van der Waals surface area contributed by atoms with Gasteiger partial charge < -0.3 is 0 Å². The summed E-state index contributed by atoms with van der Waals surface area (Å²) < 4.78 is 4.32. The van der Waals surface area contributed by atoms with Crippen LogP contribution >= 0.6 is 23.1 Å². The van der Waals surface area contributed by atoms with Crippen molar-refractivity contribution >= 4 is 23.1 Å². The van der Waals surface area contributed by atoms with E-state index in [9.17, 15) is 0 Å². The Labute approximate surface area is 112 Å². The Morgan fingerprint density at radius 2 is 1.78 bits per heavy atom.